The van der Waals surface area contributed by atoms with Crippen LogP contribution in [0, 0.1) is 5.92 Å². The van der Waals surface area contributed by atoms with Crippen LogP contribution in [-0.2, 0) is 14.8 Å². The van der Waals surface area contributed by atoms with Crippen molar-refractivity contribution in [3.05, 3.63) is 28.8 Å². The van der Waals surface area contributed by atoms with Gasteiger partial charge in [-0.25, -0.2) is 17.9 Å². The second-order valence-corrected chi connectivity index (χ2v) is 7.45. The van der Waals surface area contributed by atoms with E-state index >= 15 is 0 Å². The maximum Gasteiger partial charge on any atom is 0.339 e. The van der Waals surface area contributed by atoms with Gasteiger partial charge in [-0.2, -0.15) is 0 Å². The van der Waals surface area contributed by atoms with E-state index in [0.29, 0.717) is 6.54 Å². The number of esters is 1. The maximum absolute atomic E-state index is 12.6. The highest BCUT2D eigenvalue weighted by atomic mass is 35.5. The Morgan fingerprint density at radius 2 is 2.13 bits per heavy atom. The molecular weight excluding hydrogens is 363 g/mol. The van der Waals surface area contributed by atoms with E-state index in [2.05, 4.69) is 14.8 Å². The lowest BCUT2D eigenvalue weighted by atomic mass is 9.96. The number of hydrogen-bond acceptors (Lipinski definition) is 5. The number of carbonyl (C=O) groups excluding carboxylic acids is 1. The molecule has 0 saturated carbocycles. The second kappa shape index (κ2) is 8.30. The van der Waals surface area contributed by atoms with Gasteiger partial charge in [-0.15, -0.1) is 12.4 Å². The molecule has 1 aromatic rings. The zero-order valence-electron chi connectivity index (χ0n) is 12.8. The molecule has 6 nitrogen and oxygen atoms in total. The average Bonchev–Trinajstić information content (AvgIpc) is 2.48. The molecule has 0 bridgehead atoms. The van der Waals surface area contributed by atoms with E-state index in [4.69, 9.17) is 11.6 Å². The standard InChI is InChI=1S/C14H19ClN2O4S.ClH/c1-9-5-6-16-8-12(9)17-22(19,20)13-4-3-10(15)7-11(13)14(18)21-2;/h3-4,7,9,12,16-17H,5-6,8H2,1-2H3;1H. The van der Waals surface area contributed by atoms with Crippen molar-refractivity contribution in [2.75, 3.05) is 20.2 Å². The van der Waals surface area contributed by atoms with Crippen LogP contribution in [0.15, 0.2) is 23.1 Å². The molecule has 0 aliphatic carbocycles. The fourth-order valence-electron chi connectivity index (χ4n) is 2.42. The van der Waals surface area contributed by atoms with Crippen molar-refractivity contribution >= 4 is 40.0 Å². The van der Waals surface area contributed by atoms with Gasteiger partial charge in [-0.1, -0.05) is 18.5 Å². The molecule has 0 aromatic heterocycles. The maximum atomic E-state index is 12.6. The van der Waals surface area contributed by atoms with Crippen LogP contribution >= 0.6 is 24.0 Å². The molecule has 1 aliphatic heterocycles. The summed E-state index contributed by atoms with van der Waals surface area (Å²) in [6, 6.07) is 3.83. The van der Waals surface area contributed by atoms with Crippen LogP contribution in [0.3, 0.4) is 0 Å². The number of ether oxygens (including phenoxy) is 1. The third-order valence-electron chi connectivity index (χ3n) is 3.77. The first kappa shape index (κ1) is 20.2. The Labute approximate surface area is 147 Å². The first-order valence-electron chi connectivity index (χ1n) is 6.96. The molecule has 1 saturated heterocycles. The van der Waals surface area contributed by atoms with Crippen molar-refractivity contribution in [1.29, 1.82) is 0 Å². The van der Waals surface area contributed by atoms with Gasteiger partial charge in [0.25, 0.3) is 0 Å². The highest BCUT2D eigenvalue weighted by Gasteiger charge is 2.29. The molecule has 0 radical (unpaired) electrons. The molecule has 2 N–H and O–H groups in total. The number of nitrogens with one attached hydrogen (secondary N) is 2. The highest BCUT2D eigenvalue weighted by Crippen LogP contribution is 2.23. The SMILES string of the molecule is COC(=O)c1cc(Cl)ccc1S(=O)(=O)NC1CNCCC1C.Cl. The van der Waals surface area contributed by atoms with Gasteiger partial charge < -0.3 is 10.1 Å². The summed E-state index contributed by atoms with van der Waals surface area (Å²) in [6.45, 7) is 3.42. The molecule has 1 aliphatic rings. The number of halogens is 2. The Balaban J connectivity index is 0.00000264. The van der Waals surface area contributed by atoms with E-state index in [1.54, 1.807) is 0 Å². The predicted molar refractivity (Wildman–Crippen MR) is 90.8 cm³/mol. The monoisotopic (exact) mass is 382 g/mol. The van der Waals surface area contributed by atoms with Crippen LogP contribution in [0.25, 0.3) is 0 Å². The Kier molecular flexibility index (Phi) is 7.29. The first-order chi connectivity index (χ1) is 10.3. The van der Waals surface area contributed by atoms with Crippen molar-refractivity contribution < 1.29 is 17.9 Å². The smallest absolute Gasteiger partial charge is 0.339 e. The minimum atomic E-state index is -3.84. The number of sulfonamides is 1. The topological polar surface area (TPSA) is 84.5 Å². The third-order valence-corrected chi connectivity index (χ3v) is 5.55. The quantitative estimate of drug-likeness (QED) is 0.775. The first-order valence-corrected chi connectivity index (χ1v) is 8.82. The van der Waals surface area contributed by atoms with Gasteiger partial charge >= 0.3 is 5.97 Å². The van der Waals surface area contributed by atoms with Crippen LogP contribution in [-0.4, -0.2) is 40.6 Å². The van der Waals surface area contributed by atoms with Crippen LogP contribution in [0.1, 0.15) is 23.7 Å². The summed E-state index contributed by atoms with van der Waals surface area (Å²) >= 11 is 5.85. The van der Waals surface area contributed by atoms with Crippen molar-refractivity contribution in [3.63, 3.8) is 0 Å². The summed E-state index contributed by atoms with van der Waals surface area (Å²) in [5.74, 6) is -0.525. The van der Waals surface area contributed by atoms with Crippen LogP contribution in [0.4, 0.5) is 0 Å². The van der Waals surface area contributed by atoms with E-state index in [1.165, 1.54) is 25.3 Å². The third kappa shape index (κ3) is 4.81. The fourth-order valence-corrected chi connectivity index (χ4v) is 4.11. The largest absolute Gasteiger partial charge is 0.465 e. The summed E-state index contributed by atoms with van der Waals surface area (Å²) in [4.78, 5) is 11.7. The summed E-state index contributed by atoms with van der Waals surface area (Å²) < 4.78 is 32.5. The number of rotatable bonds is 4. The van der Waals surface area contributed by atoms with E-state index in [0.717, 1.165) is 13.0 Å². The number of carbonyl (C=O) groups is 1. The van der Waals surface area contributed by atoms with E-state index < -0.39 is 16.0 Å². The summed E-state index contributed by atoms with van der Waals surface area (Å²) in [5.41, 5.74) is -0.0704. The van der Waals surface area contributed by atoms with Crippen LogP contribution in [0.2, 0.25) is 5.02 Å². The van der Waals surface area contributed by atoms with Gasteiger partial charge in [-0.05, 0) is 37.1 Å². The lowest BCUT2D eigenvalue weighted by Crippen LogP contribution is -2.50. The Morgan fingerprint density at radius 3 is 2.74 bits per heavy atom. The Morgan fingerprint density at radius 1 is 1.43 bits per heavy atom. The van der Waals surface area contributed by atoms with Crippen molar-refractivity contribution in [2.24, 2.45) is 5.92 Å². The van der Waals surface area contributed by atoms with E-state index in [9.17, 15) is 13.2 Å². The van der Waals surface area contributed by atoms with Gasteiger partial charge in [-0.3, -0.25) is 0 Å². The predicted octanol–water partition coefficient (Wildman–Crippen LogP) is 1.82. The second-order valence-electron chi connectivity index (χ2n) is 5.33. The molecule has 2 atom stereocenters. The number of piperidine rings is 1. The zero-order chi connectivity index (χ0) is 16.3. The summed E-state index contributed by atoms with van der Waals surface area (Å²) in [7, 11) is -2.65. The van der Waals surface area contributed by atoms with Crippen molar-refractivity contribution in [3.8, 4) is 0 Å². The van der Waals surface area contributed by atoms with Gasteiger partial charge in [0.2, 0.25) is 10.0 Å². The number of hydrogen-bond donors (Lipinski definition) is 2. The molecule has 0 amide bonds. The van der Waals surface area contributed by atoms with Gasteiger partial charge in [0.1, 0.15) is 0 Å². The van der Waals surface area contributed by atoms with Gasteiger partial charge in [0, 0.05) is 17.6 Å². The lowest BCUT2D eigenvalue weighted by molar-refractivity contribution is 0.0596. The molecule has 2 unspecified atom stereocenters. The summed E-state index contributed by atoms with van der Waals surface area (Å²) in [6.07, 6.45) is 0.887. The van der Waals surface area contributed by atoms with E-state index in [-0.39, 0.29) is 39.8 Å². The molecule has 0 spiro atoms. The van der Waals surface area contributed by atoms with E-state index in [1.807, 2.05) is 6.92 Å². The molecular formula is C14H20Cl2N2O4S. The number of benzene rings is 1. The molecule has 1 aromatic carbocycles. The normalized spacial score (nSPS) is 21.3. The van der Waals surface area contributed by atoms with Gasteiger partial charge in [0.15, 0.2) is 0 Å². The molecule has 9 heteroatoms. The van der Waals surface area contributed by atoms with Crippen LogP contribution < -0.4 is 10.0 Å². The number of methoxy groups -OCH3 is 1. The minimum Gasteiger partial charge on any atom is -0.465 e. The minimum absolute atomic E-state index is 0. The van der Waals surface area contributed by atoms with Crippen molar-refractivity contribution in [1.82, 2.24) is 10.0 Å². The fraction of sp³-hybridized carbons (Fsp3) is 0.500. The molecule has 2 rings (SSSR count). The Hall–Kier alpha value is -0.860. The molecule has 23 heavy (non-hydrogen) atoms. The molecule has 1 heterocycles. The molecule has 130 valence electrons. The average molecular weight is 383 g/mol. The van der Waals surface area contributed by atoms with Crippen molar-refractivity contribution in [2.45, 2.75) is 24.3 Å². The van der Waals surface area contributed by atoms with Crippen LogP contribution in [0.5, 0.6) is 0 Å². The lowest BCUT2D eigenvalue weighted by Gasteiger charge is -2.30. The zero-order valence-corrected chi connectivity index (χ0v) is 15.2. The van der Waals surface area contributed by atoms with Gasteiger partial charge in [0.05, 0.1) is 17.6 Å². The Bertz CT molecular complexity index is 667. The summed E-state index contributed by atoms with van der Waals surface area (Å²) in [5, 5.41) is 3.43. The highest BCUT2D eigenvalue weighted by molar-refractivity contribution is 7.89. The molecule has 1 fully saturated rings.